The average Bonchev–Trinajstić information content (AvgIpc) is 2.42. The lowest BCUT2D eigenvalue weighted by Gasteiger charge is -2.08. The van der Waals surface area contributed by atoms with Crippen LogP contribution in [0.15, 0.2) is 53.3 Å². The smallest absolute Gasteiger partial charge is 0.291 e. The molecule has 4 nitrogen and oxygen atoms in total. The molecular formula is C15H11NO3. The molecule has 0 saturated carbocycles. The van der Waals surface area contributed by atoms with E-state index in [0.29, 0.717) is 16.6 Å². The van der Waals surface area contributed by atoms with Crippen LogP contribution in [0.25, 0.3) is 22.0 Å². The zero-order chi connectivity index (χ0) is 13.4. The van der Waals surface area contributed by atoms with Gasteiger partial charge in [0.2, 0.25) is 0 Å². The van der Waals surface area contributed by atoms with E-state index in [0.717, 1.165) is 5.39 Å². The molecule has 2 aromatic carbocycles. The molecule has 19 heavy (non-hydrogen) atoms. The summed E-state index contributed by atoms with van der Waals surface area (Å²) in [6, 6.07) is 13.6. The van der Waals surface area contributed by atoms with Gasteiger partial charge in [0.05, 0.1) is 0 Å². The van der Waals surface area contributed by atoms with E-state index in [4.69, 9.17) is 0 Å². The van der Waals surface area contributed by atoms with Crippen LogP contribution in [0, 0.1) is 0 Å². The van der Waals surface area contributed by atoms with Gasteiger partial charge in [-0.1, -0.05) is 30.3 Å². The topological polar surface area (TPSA) is 73.3 Å². The second-order valence-corrected chi connectivity index (χ2v) is 4.27. The Morgan fingerprint density at radius 1 is 0.895 bits per heavy atom. The Balaban J connectivity index is 2.42. The van der Waals surface area contributed by atoms with E-state index < -0.39 is 5.56 Å². The van der Waals surface area contributed by atoms with Gasteiger partial charge in [0, 0.05) is 16.5 Å². The van der Waals surface area contributed by atoms with E-state index in [1.807, 2.05) is 18.2 Å². The van der Waals surface area contributed by atoms with E-state index in [2.05, 4.69) is 4.98 Å². The molecule has 3 N–H and O–H groups in total. The molecule has 0 aliphatic heterocycles. The third-order valence-electron chi connectivity index (χ3n) is 3.05. The van der Waals surface area contributed by atoms with Gasteiger partial charge in [-0.15, -0.1) is 0 Å². The molecule has 0 unspecified atom stereocenters. The zero-order valence-corrected chi connectivity index (χ0v) is 9.92. The van der Waals surface area contributed by atoms with Crippen molar-refractivity contribution in [2.75, 3.05) is 0 Å². The van der Waals surface area contributed by atoms with Gasteiger partial charge < -0.3 is 15.2 Å². The lowest BCUT2D eigenvalue weighted by atomic mass is 10.0. The van der Waals surface area contributed by atoms with Gasteiger partial charge in [0.1, 0.15) is 5.75 Å². The zero-order valence-electron chi connectivity index (χ0n) is 9.92. The van der Waals surface area contributed by atoms with Gasteiger partial charge >= 0.3 is 0 Å². The van der Waals surface area contributed by atoms with Crippen LogP contribution in [-0.4, -0.2) is 15.2 Å². The van der Waals surface area contributed by atoms with Crippen molar-refractivity contribution in [3.05, 3.63) is 58.9 Å². The lowest BCUT2D eigenvalue weighted by Crippen LogP contribution is -2.06. The number of H-pyrrole nitrogens is 1. The molecule has 0 aliphatic carbocycles. The van der Waals surface area contributed by atoms with Crippen molar-refractivity contribution in [1.29, 1.82) is 0 Å². The van der Waals surface area contributed by atoms with Crippen molar-refractivity contribution in [1.82, 2.24) is 4.98 Å². The molecule has 0 spiro atoms. The van der Waals surface area contributed by atoms with Gasteiger partial charge in [0.25, 0.3) is 5.56 Å². The first-order valence-electron chi connectivity index (χ1n) is 5.80. The maximum absolute atomic E-state index is 11.7. The molecule has 0 fully saturated rings. The maximum atomic E-state index is 11.7. The van der Waals surface area contributed by atoms with Crippen molar-refractivity contribution in [2.45, 2.75) is 0 Å². The summed E-state index contributed by atoms with van der Waals surface area (Å²) in [5.41, 5.74) is 1.28. The lowest BCUT2D eigenvalue weighted by molar-refractivity contribution is 0.469. The third kappa shape index (κ3) is 1.83. The Labute approximate surface area is 108 Å². The summed E-state index contributed by atoms with van der Waals surface area (Å²) >= 11 is 0. The second kappa shape index (κ2) is 4.17. The fraction of sp³-hybridized carbons (Fsp3) is 0. The van der Waals surface area contributed by atoms with E-state index in [9.17, 15) is 15.0 Å². The Morgan fingerprint density at radius 2 is 1.58 bits per heavy atom. The molecule has 0 atom stereocenters. The summed E-state index contributed by atoms with van der Waals surface area (Å²) in [6.45, 7) is 0. The van der Waals surface area contributed by atoms with Gasteiger partial charge in [-0.25, -0.2) is 0 Å². The molecule has 0 radical (unpaired) electrons. The molecule has 4 heteroatoms. The molecule has 1 aromatic heterocycles. The van der Waals surface area contributed by atoms with Crippen LogP contribution >= 0.6 is 0 Å². The van der Waals surface area contributed by atoms with E-state index in [1.165, 1.54) is 12.1 Å². The number of rotatable bonds is 1. The molecule has 94 valence electrons. The number of benzene rings is 2. The summed E-state index contributed by atoms with van der Waals surface area (Å²) in [5, 5.41) is 20.1. The molecule has 1 heterocycles. The van der Waals surface area contributed by atoms with Crippen molar-refractivity contribution in [3.8, 4) is 22.6 Å². The SMILES string of the molecule is O=c1[nH]c2ccccc2c(-c2ccc(O)cc2)c1O. The minimum absolute atomic E-state index is 0.136. The van der Waals surface area contributed by atoms with Crippen molar-refractivity contribution < 1.29 is 10.2 Å². The van der Waals surface area contributed by atoms with Gasteiger partial charge in [0.15, 0.2) is 5.75 Å². The number of phenolic OH excluding ortho intramolecular Hbond substituents is 1. The maximum Gasteiger partial charge on any atom is 0.291 e. The number of hydrogen-bond donors (Lipinski definition) is 3. The Hall–Kier alpha value is -2.75. The van der Waals surface area contributed by atoms with Crippen LogP contribution in [-0.2, 0) is 0 Å². The van der Waals surface area contributed by atoms with Crippen molar-refractivity contribution in [2.24, 2.45) is 0 Å². The van der Waals surface area contributed by atoms with Crippen LogP contribution in [0.3, 0.4) is 0 Å². The number of pyridine rings is 1. The number of fused-ring (bicyclic) bond motifs is 1. The predicted molar refractivity (Wildman–Crippen MR) is 73.3 cm³/mol. The number of aromatic hydroxyl groups is 2. The van der Waals surface area contributed by atoms with Crippen LogP contribution in [0.4, 0.5) is 0 Å². The molecule has 0 bridgehead atoms. The highest BCUT2D eigenvalue weighted by atomic mass is 16.3. The Kier molecular flexibility index (Phi) is 2.49. The highest BCUT2D eigenvalue weighted by Gasteiger charge is 2.13. The summed E-state index contributed by atoms with van der Waals surface area (Å²) in [7, 11) is 0. The van der Waals surface area contributed by atoms with Gasteiger partial charge in [-0.3, -0.25) is 4.79 Å². The minimum Gasteiger partial charge on any atom is -0.508 e. The fourth-order valence-electron chi connectivity index (χ4n) is 2.15. The molecule has 3 aromatic rings. The number of nitrogens with one attached hydrogen (secondary N) is 1. The third-order valence-corrected chi connectivity index (χ3v) is 3.05. The summed E-state index contributed by atoms with van der Waals surface area (Å²) in [4.78, 5) is 14.4. The first-order chi connectivity index (χ1) is 9.16. The van der Waals surface area contributed by atoms with Crippen LogP contribution in [0.1, 0.15) is 0 Å². The van der Waals surface area contributed by atoms with E-state index in [-0.39, 0.29) is 11.5 Å². The summed E-state index contributed by atoms with van der Waals surface area (Å²) in [6.07, 6.45) is 0. The quantitative estimate of drug-likeness (QED) is 0.624. The van der Waals surface area contributed by atoms with E-state index in [1.54, 1.807) is 18.2 Å². The van der Waals surface area contributed by atoms with Crippen LogP contribution < -0.4 is 5.56 Å². The molecular weight excluding hydrogens is 242 g/mol. The van der Waals surface area contributed by atoms with Crippen LogP contribution in [0.5, 0.6) is 11.5 Å². The highest BCUT2D eigenvalue weighted by molar-refractivity contribution is 5.97. The Bertz CT molecular complexity index is 804. The molecule has 0 aliphatic rings. The van der Waals surface area contributed by atoms with Crippen LogP contribution in [0.2, 0.25) is 0 Å². The molecule has 0 amide bonds. The largest absolute Gasteiger partial charge is 0.508 e. The number of aromatic nitrogens is 1. The first kappa shape index (κ1) is 11.3. The number of aromatic amines is 1. The van der Waals surface area contributed by atoms with Crippen molar-refractivity contribution in [3.63, 3.8) is 0 Å². The molecule has 3 rings (SSSR count). The second-order valence-electron chi connectivity index (χ2n) is 4.27. The van der Waals surface area contributed by atoms with E-state index >= 15 is 0 Å². The number of para-hydroxylation sites is 1. The summed E-state index contributed by atoms with van der Waals surface area (Å²) < 4.78 is 0. The Morgan fingerprint density at radius 3 is 2.32 bits per heavy atom. The number of hydrogen-bond acceptors (Lipinski definition) is 3. The number of phenols is 1. The van der Waals surface area contributed by atoms with Gasteiger partial charge in [-0.2, -0.15) is 0 Å². The molecule has 0 saturated heterocycles. The summed E-state index contributed by atoms with van der Waals surface area (Å²) in [5.74, 6) is -0.179. The standard InChI is InChI=1S/C15H11NO3/c17-10-7-5-9(6-8-10)13-11-3-1-2-4-12(11)16-15(19)14(13)18/h1-8,17-18H,(H,16,19). The first-order valence-corrected chi connectivity index (χ1v) is 5.80. The highest BCUT2D eigenvalue weighted by Crippen LogP contribution is 2.33. The minimum atomic E-state index is -0.526. The average molecular weight is 253 g/mol. The monoisotopic (exact) mass is 253 g/mol. The van der Waals surface area contributed by atoms with Crippen molar-refractivity contribution >= 4 is 10.9 Å². The van der Waals surface area contributed by atoms with Gasteiger partial charge in [-0.05, 0) is 23.8 Å². The predicted octanol–water partition coefficient (Wildman–Crippen LogP) is 2.61. The fourth-order valence-corrected chi connectivity index (χ4v) is 2.15. The normalized spacial score (nSPS) is 10.7.